The van der Waals surface area contributed by atoms with E-state index < -0.39 is 23.3 Å². The minimum absolute atomic E-state index is 0.0190. The molecule has 3 N–H and O–H groups in total. The van der Waals surface area contributed by atoms with E-state index in [9.17, 15) is 24.6 Å². The maximum absolute atomic E-state index is 12.4. The first-order chi connectivity index (χ1) is 15.4. The molecule has 0 aromatic heterocycles. The van der Waals surface area contributed by atoms with Gasteiger partial charge < -0.3 is 25.1 Å². The number of carboxylic acids is 1. The van der Waals surface area contributed by atoms with Gasteiger partial charge in [0, 0.05) is 39.3 Å². The molecular weight excluding hydrogens is 505 g/mol. The highest BCUT2D eigenvalue weighted by molar-refractivity contribution is 8.89. The Bertz CT molecular complexity index is 1140. The maximum Gasteiger partial charge on any atom is 0.335 e. The van der Waals surface area contributed by atoms with Gasteiger partial charge in [0.05, 0.1) is 16.7 Å². The number of rotatable bonds is 1. The number of fused-ring (bicyclic) bond motifs is 2. The van der Waals surface area contributed by atoms with Crippen molar-refractivity contribution in [2.24, 2.45) is 0 Å². The molecule has 1 aliphatic rings. The topological polar surface area (TPSA) is 118 Å². The van der Waals surface area contributed by atoms with Gasteiger partial charge >= 0.3 is 5.97 Å². The first kappa shape index (κ1) is 26.6. The molecule has 2 aromatic rings. The summed E-state index contributed by atoms with van der Waals surface area (Å²) in [6.45, 7) is 0. The molecule has 174 valence electrons. The first-order valence-corrected chi connectivity index (χ1v) is 12.1. The Morgan fingerprint density at radius 1 is 0.818 bits per heavy atom. The second-order valence-electron chi connectivity index (χ2n) is 7.07. The van der Waals surface area contributed by atoms with Crippen LogP contribution in [0.3, 0.4) is 0 Å². The molecule has 0 heterocycles. The Labute approximate surface area is 209 Å². The highest BCUT2D eigenvalue weighted by atomic mass is 33.1. The molecule has 12 heteroatoms. The molecule has 0 fully saturated rings. The molecule has 8 nitrogen and oxygen atoms in total. The molecule has 3 rings (SSSR count). The van der Waals surface area contributed by atoms with Crippen LogP contribution in [0.1, 0.15) is 42.2 Å². The van der Waals surface area contributed by atoms with Crippen LogP contribution in [0.4, 0.5) is 0 Å². The summed E-state index contributed by atoms with van der Waals surface area (Å²) in [4.78, 5) is 39.5. The van der Waals surface area contributed by atoms with Crippen molar-refractivity contribution in [2.75, 3.05) is 28.2 Å². The summed E-state index contributed by atoms with van der Waals surface area (Å²) < 4.78 is 1.67. The van der Waals surface area contributed by atoms with Gasteiger partial charge in [0.15, 0.2) is 5.78 Å². The van der Waals surface area contributed by atoms with E-state index >= 15 is 0 Å². The monoisotopic (exact) mass is 524 g/mol. The number of aromatic hydroxyl groups is 2. The van der Waals surface area contributed by atoms with E-state index in [1.165, 1.54) is 39.8 Å². The van der Waals surface area contributed by atoms with Gasteiger partial charge in [-0.2, -0.15) is 0 Å². The van der Waals surface area contributed by atoms with E-state index in [1.54, 1.807) is 0 Å². The number of phenols is 2. The molecule has 0 radical (unpaired) electrons. The van der Waals surface area contributed by atoms with Crippen molar-refractivity contribution in [1.82, 2.24) is 9.80 Å². The van der Waals surface area contributed by atoms with Crippen molar-refractivity contribution >= 4 is 72.2 Å². The van der Waals surface area contributed by atoms with Gasteiger partial charge in [0.2, 0.25) is 5.78 Å². The number of phenolic OH excluding ortho intramolecular Hbond substituents is 2. The summed E-state index contributed by atoms with van der Waals surface area (Å²) in [7, 11) is 10.7. The van der Waals surface area contributed by atoms with Crippen molar-refractivity contribution in [2.45, 2.75) is 0 Å². The van der Waals surface area contributed by atoms with Crippen molar-refractivity contribution in [1.29, 1.82) is 0 Å². The van der Waals surface area contributed by atoms with Crippen LogP contribution in [-0.4, -0.2) is 79.5 Å². The molecule has 0 saturated carbocycles. The number of carboxylic acid groups (broad SMARTS) is 1. The van der Waals surface area contributed by atoms with Crippen LogP contribution in [0.2, 0.25) is 0 Å². The average molecular weight is 525 g/mol. The van der Waals surface area contributed by atoms with Crippen LogP contribution in [0.25, 0.3) is 0 Å². The average Bonchev–Trinajstić information content (AvgIpc) is 2.74. The van der Waals surface area contributed by atoms with Crippen LogP contribution < -0.4 is 0 Å². The van der Waals surface area contributed by atoms with Gasteiger partial charge in [0.1, 0.15) is 20.1 Å². The number of ketones is 2. The molecule has 1 aliphatic carbocycles. The second kappa shape index (κ2) is 11.0. The van der Waals surface area contributed by atoms with E-state index in [2.05, 4.69) is 0 Å². The Hall–Kier alpha value is -2.67. The number of benzene rings is 2. The second-order valence-corrected chi connectivity index (χ2v) is 10.5. The standard InChI is InChI=1S/C15H8O6.C6H12N2S4/c16-9-3-1-2-7-11(9)14(19)12-8(13(7)18)4-6(15(20)21)5-10(12)17;1-7(2)5(9)11-12-6(10)8(3)4/h1-5,16-17H,(H,20,21);1-4H3. The molecule has 2 aromatic carbocycles. The molecule has 33 heavy (non-hydrogen) atoms. The van der Waals surface area contributed by atoms with Gasteiger partial charge in [0.25, 0.3) is 0 Å². The lowest BCUT2D eigenvalue weighted by Gasteiger charge is -2.19. The normalized spacial score (nSPS) is 11.5. The number of hydrogen-bond donors (Lipinski definition) is 3. The predicted molar refractivity (Wildman–Crippen MR) is 138 cm³/mol. The minimum Gasteiger partial charge on any atom is -0.507 e. The Morgan fingerprint density at radius 3 is 1.82 bits per heavy atom. The SMILES string of the molecule is CN(C)C(=S)SSC(=S)N(C)C.O=C(O)c1cc(O)c2c(c1)C(=O)c1cccc(O)c1C2=O. The van der Waals surface area contributed by atoms with Crippen LogP contribution >= 0.6 is 46.0 Å². The summed E-state index contributed by atoms with van der Waals surface area (Å²) in [5.41, 5.74) is -0.978. The van der Waals surface area contributed by atoms with Crippen LogP contribution in [0.5, 0.6) is 11.5 Å². The van der Waals surface area contributed by atoms with Gasteiger partial charge in [-0.3, -0.25) is 9.59 Å². The number of hydrogen-bond acceptors (Lipinski definition) is 9. The lowest BCUT2D eigenvalue weighted by atomic mass is 9.82. The lowest BCUT2D eigenvalue weighted by Crippen LogP contribution is -2.22. The number of carbonyl (C=O) groups is 3. The van der Waals surface area contributed by atoms with E-state index in [0.29, 0.717) is 0 Å². The molecule has 0 bridgehead atoms. The molecule has 0 amide bonds. The number of aromatic carboxylic acids is 1. The molecule has 0 unspecified atom stereocenters. The summed E-state index contributed by atoms with van der Waals surface area (Å²) in [5, 5.41) is 28.6. The summed E-state index contributed by atoms with van der Waals surface area (Å²) >= 11 is 10.1. The highest BCUT2D eigenvalue weighted by Crippen LogP contribution is 2.37. The zero-order valence-electron chi connectivity index (χ0n) is 18.0. The van der Waals surface area contributed by atoms with Gasteiger partial charge in [-0.15, -0.1) is 0 Å². The zero-order chi connectivity index (χ0) is 25.0. The van der Waals surface area contributed by atoms with Crippen molar-refractivity contribution in [3.05, 3.63) is 58.1 Å². The summed E-state index contributed by atoms with van der Waals surface area (Å²) in [6, 6.07) is 5.98. The zero-order valence-corrected chi connectivity index (χ0v) is 21.2. The Balaban J connectivity index is 0.000000277. The van der Waals surface area contributed by atoms with E-state index in [1.807, 2.05) is 38.0 Å². The van der Waals surface area contributed by atoms with Gasteiger partial charge in [-0.25, -0.2) is 4.79 Å². The third-order valence-corrected chi connectivity index (χ3v) is 8.42. The largest absolute Gasteiger partial charge is 0.507 e. The van der Waals surface area contributed by atoms with Gasteiger partial charge in [-0.05, 0) is 39.8 Å². The quantitative estimate of drug-likeness (QED) is 0.319. The Kier molecular flexibility index (Phi) is 8.83. The van der Waals surface area contributed by atoms with Crippen molar-refractivity contribution in [3.63, 3.8) is 0 Å². The number of nitrogens with zero attached hydrogens (tertiary/aromatic N) is 2. The van der Waals surface area contributed by atoms with Crippen molar-refractivity contribution < 1.29 is 29.7 Å². The van der Waals surface area contributed by atoms with Crippen molar-refractivity contribution in [3.8, 4) is 11.5 Å². The molecule has 0 aliphatic heterocycles. The predicted octanol–water partition coefficient (Wildman–Crippen LogP) is 3.63. The summed E-state index contributed by atoms with van der Waals surface area (Å²) in [5.74, 6) is -3.62. The lowest BCUT2D eigenvalue weighted by molar-refractivity contribution is 0.0695. The third-order valence-electron chi connectivity index (χ3n) is 4.26. The fourth-order valence-corrected chi connectivity index (χ4v) is 5.00. The fourth-order valence-electron chi connectivity index (χ4n) is 2.63. The Morgan fingerprint density at radius 2 is 1.33 bits per heavy atom. The van der Waals surface area contributed by atoms with Gasteiger partial charge in [-0.1, -0.05) is 36.6 Å². The number of carbonyl (C=O) groups excluding carboxylic acids is 2. The first-order valence-electron chi connectivity index (χ1n) is 9.15. The number of thiocarbonyl (C=S) groups is 2. The summed E-state index contributed by atoms with van der Waals surface area (Å²) in [6.07, 6.45) is 0. The molecule has 0 atom stereocenters. The van der Waals surface area contributed by atoms with Crippen LogP contribution in [0.15, 0.2) is 30.3 Å². The van der Waals surface area contributed by atoms with E-state index in [4.69, 9.17) is 29.5 Å². The molecule has 0 saturated heterocycles. The van der Waals surface area contributed by atoms with E-state index in [-0.39, 0.29) is 33.6 Å². The van der Waals surface area contributed by atoms with E-state index in [0.717, 1.165) is 20.8 Å². The van der Waals surface area contributed by atoms with Crippen LogP contribution in [0, 0.1) is 0 Å². The fraction of sp³-hybridized carbons (Fsp3) is 0.190. The highest BCUT2D eigenvalue weighted by Gasteiger charge is 2.34. The smallest absolute Gasteiger partial charge is 0.335 e. The minimum atomic E-state index is -1.32. The maximum atomic E-state index is 12.4. The third kappa shape index (κ3) is 6.02. The molecular formula is C21H20N2O6S4. The molecule has 0 spiro atoms. The van der Waals surface area contributed by atoms with Crippen LogP contribution in [-0.2, 0) is 0 Å².